The summed E-state index contributed by atoms with van der Waals surface area (Å²) in [5.74, 6) is 0.0949. The van der Waals surface area contributed by atoms with Gasteiger partial charge in [-0.2, -0.15) is 0 Å². The Morgan fingerprint density at radius 2 is 2.00 bits per heavy atom. The van der Waals surface area contributed by atoms with Crippen LogP contribution in [0.4, 0.5) is 0 Å². The van der Waals surface area contributed by atoms with E-state index in [1.807, 2.05) is 18.9 Å². The van der Waals surface area contributed by atoms with Crippen molar-refractivity contribution in [2.75, 3.05) is 26.7 Å². The third kappa shape index (κ3) is 3.19. The number of likely N-dealkylation sites (tertiary alicyclic amines) is 1. The quantitative estimate of drug-likeness (QED) is 0.768. The van der Waals surface area contributed by atoms with Gasteiger partial charge in [0.1, 0.15) is 0 Å². The van der Waals surface area contributed by atoms with Crippen LogP contribution in [0.15, 0.2) is 0 Å². The molecule has 0 aliphatic carbocycles. The predicted octanol–water partition coefficient (Wildman–Crippen LogP) is 0.666. The minimum atomic E-state index is -0.325. The molecule has 16 heavy (non-hydrogen) atoms. The van der Waals surface area contributed by atoms with Gasteiger partial charge in [0.2, 0.25) is 5.91 Å². The third-order valence-corrected chi connectivity index (χ3v) is 3.66. The van der Waals surface area contributed by atoms with Gasteiger partial charge >= 0.3 is 0 Å². The summed E-state index contributed by atoms with van der Waals surface area (Å²) in [5.41, 5.74) is 5.78. The molecule has 0 radical (unpaired) electrons. The van der Waals surface area contributed by atoms with E-state index >= 15 is 0 Å². The monoisotopic (exact) mass is 227 g/mol. The molecule has 1 rings (SSSR count). The lowest BCUT2D eigenvalue weighted by Crippen LogP contribution is -2.50. The van der Waals surface area contributed by atoms with Gasteiger partial charge in [0, 0.05) is 26.2 Å². The first-order valence-corrected chi connectivity index (χ1v) is 6.34. The molecule has 1 heterocycles. The molecule has 1 atom stereocenters. The van der Waals surface area contributed by atoms with Crippen molar-refractivity contribution < 1.29 is 4.79 Å². The van der Waals surface area contributed by atoms with Gasteiger partial charge in [0.05, 0.1) is 6.04 Å². The Bertz CT molecular complexity index is 224. The van der Waals surface area contributed by atoms with Crippen LogP contribution in [0.2, 0.25) is 0 Å². The highest BCUT2D eigenvalue weighted by Gasteiger charge is 2.26. The number of hydrogen-bond acceptors (Lipinski definition) is 3. The topological polar surface area (TPSA) is 49.6 Å². The average molecular weight is 227 g/mol. The average Bonchev–Trinajstić information content (AvgIpc) is 2.36. The Morgan fingerprint density at radius 1 is 1.44 bits per heavy atom. The van der Waals surface area contributed by atoms with E-state index in [-0.39, 0.29) is 11.9 Å². The van der Waals surface area contributed by atoms with Crippen LogP contribution in [0.25, 0.3) is 0 Å². The number of carbonyl (C=O) groups excluding carboxylic acids is 1. The van der Waals surface area contributed by atoms with Gasteiger partial charge < -0.3 is 15.5 Å². The molecule has 2 N–H and O–H groups in total. The smallest absolute Gasteiger partial charge is 0.239 e. The van der Waals surface area contributed by atoms with Gasteiger partial charge in [-0.3, -0.25) is 4.79 Å². The summed E-state index contributed by atoms with van der Waals surface area (Å²) in [6.07, 6.45) is 2.87. The highest BCUT2D eigenvalue weighted by Crippen LogP contribution is 2.15. The molecule has 0 unspecified atom stereocenters. The minimum absolute atomic E-state index is 0.0949. The largest absolute Gasteiger partial charge is 0.341 e. The Morgan fingerprint density at radius 3 is 2.44 bits per heavy atom. The van der Waals surface area contributed by atoms with Gasteiger partial charge in [-0.25, -0.2) is 0 Å². The van der Waals surface area contributed by atoms with E-state index in [1.165, 1.54) is 0 Å². The SMILES string of the molecule is CC[C@H](N)C(=O)N(C)C1CCN(CC)CC1. The fraction of sp³-hybridized carbons (Fsp3) is 0.917. The van der Waals surface area contributed by atoms with Crippen LogP contribution in [0, 0.1) is 0 Å². The zero-order valence-electron chi connectivity index (χ0n) is 10.8. The lowest BCUT2D eigenvalue weighted by Gasteiger charge is -2.37. The van der Waals surface area contributed by atoms with Crippen molar-refractivity contribution in [2.24, 2.45) is 5.73 Å². The molecule has 94 valence electrons. The first kappa shape index (κ1) is 13.5. The number of nitrogens with zero attached hydrogens (tertiary/aromatic N) is 2. The van der Waals surface area contributed by atoms with E-state index in [2.05, 4.69) is 11.8 Å². The molecule has 0 bridgehead atoms. The van der Waals surface area contributed by atoms with Crippen LogP contribution < -0.4 is 5.73 Å². The molecule has 1 aliphatic heterocycles. The van der Waals surface area contributed by atoms with Crippen molar-refractivity contribution in [3.05, 3.63) is 0 Å². The first-order valence-electron chi connectivity index (χ1n) is 6.34. The van der Waals surface area contributed by atoms with Gasteiger partial charge in [-0.15, -0.1) is 0 Å². The maximum Gasteiger partial charge on any atom is 0.239 e. The van der Waals surface area contributed by atoms with E-state index < -0.39 is 0 Å². The molecule has 0 aromatic carbocycles. The van der Waals surface area contributed by atoms with Crippen molar-refractivity contribution in [3.8, 4) is 0 Å². The van der Waals surface area contributed by atoms with Crippen molar-refractivity contribution >= 4 is 5.91 Å². The molecule has 4 nitrogen and oxygen atoms in total. The molecule has 0 saturated carbocycles. The van der Waals surface area contributed by atoms with E-state index in [0.29, 0.717) is 6.04 Å². The van der Waals surface area contributed by atoms with Crippen LogP contribution in [-0.4, -0.2) is 54.5 Å². The Labute approximate surface area is 98.8 Å². The number of likely N-dealkylation sites (N-methyl/N-ethyl adjacent to an activating group) is 1. The number of amides is 1. The summed E-state index contributed by atoms with van der Waals surface area (Å²) < 4.78 is 0. The molecule has 1 saturated heterocycles. The molecule has 0 aromatic heterocycles. The van der Waals surface area contributed by atoms with Gasteiger partial charge in [0.15, 0.2) is 0 Å². The zero-order chi connectivity index (χ0) is 12.1. The third-order valence-electron chi connectivity index (χ3n) is 3.66. The second-order valence-electron chi connectivity index (χ2n) is 4.63. The normalized spacial score (nSPS) is 20.8. The zero-order valence-corrected chi connectivity index (χ0v) is 10.8. The number of hydrogen-bond donors (Lipinski definition) is 1. The summed E-state index contributed by atoms with van der Waals surface area (Å²) in [6, 6.07) is 0.0575. The maximum absolute atomic E-state index is 11.9. The number of rotatable bonds is 4. The van der Waals surface area contributed by atoms with Gasteiger partial charge in [-0.05, 0) is 25.8 Å². The number of nitrogens with two attached hydrogens (primary N) is 1. The minimum Gasteiger partial charge on any atom is -0.341 e. The molecule has 1 fully saturated rings. The van der Waals surface area contributed by atoms with Crippen molar-refractivity contribution in [1.82, 2.24) is 9.80 Å². The molecular weight excluding hydrogens is 202 g/mol. The van der Waals surface area contributed by atoms with Crippen LogP contribution in [0.1, 0.15) is 33.1 Å². The summed E-state index contributed by atoms with van der Waals surface area (Å²) in [4.78, 5) is 16.2. The van der Waals surface area contributed by atoms with Gasteiger partial charge in [0.25, 0.3) is 0 Å². The van der Waals surface area contributed by atoms with E-state index in [9.17, 15) is 4.79 Å². The lowest BCUT2D eigenvalue weighted by atomic mass is 10.0. The van der Waals surface area contributed by atoms with Crippen LogP contribution in [0.5, 0.6) is 0 Å². The van der Waals surface area contributed by atoms with Crippen LogP contribution in [0.3, 0.4) is 0 Å². The fourth-order valence-corrected chi connectivity index (χ4v) is 2.24. The van der Waals surface area contributed by atoms with Crippen molar-refractivity contribution in [1.29, 1.82) is 0 Å². The fourth-order valence-electron chi connectivity index (χ4n) is 2.24. The van der Waals surface area contributed by atoms with E-state index in [0.717, 1.165) is 38.9 Å². The van der Waals surface area contributed by atoms with E-state index in [1.54, 1.807) is 0 Å². The molecular formula is C12H25N3O. The summed E-state index contributed by atoms with van der Waals surface area (Å²) in [7, 11) is 1.89. The molecule has 1 amide bonds. The first-order chi connectivity index (χ1) is 7.60. The maximum atomic E-state index is 11.9. The second-order valence-corrected chi connectivity index (χ2v) is 4.63. The van der Waals surface area contributed by atoms with E-state index in [4.69, 9.17) is 5.73 Å². The van der Waals surface area contributed by atoms with Crippen LogP contribution in [-0.2, 0) is 4.79 Å². The molecule has 0 spiro atoms. The second kappa shape index (κ2) is 6.21. The Hall–Kier alpha value is -0.610. The highest BCUT2D eigenvalue weighted by molar-refractivity contribution is 5.81. The summed E-state index contributed by atoms with van der Waals surface area (Å²) in [5, 5.41) is 0. The van der Waals surface area contributed by atoms with Crippen molar-refractivity contribution in [2.45, 2.75) is 45.2 Å². The molecule has 1 aliphatic rings. The molecule has 0 aromatic rings. The number of piperidine rings is 1. The highest BCUT2D eigenvalue weighted by atomic mass is 16.2. The lowest BCUT2D eigenvalue weighted by molar-refractivity contribution is -0.134. The standard InChI is InChI=1S/C12H25N3O/c1-4-11(13)12(16)14(3)10-6-8-15(5-2)9-7-10/h10-11H,4-9,13H2,1-3H3/t11-/m0/s1. The van der Waals surface area contributed by atoms with Crippen LogP contribution >= 0.6 is 0 Å². The summed E-state index contributed by atoms with van der Waals surface area (Å²) >= 11 is 0. The Kier molecular flexibility index (Phi) is 5.22. The predicted molar refractivity (Wildman–Crippen MR) is 66.2 cm³/mol. The summed E-state index contributed by atoms with van der Waals surface area (Å²) in [6.45, 7) is 7.44. The number of carbonyl (C=O) groups is 1. The Balaban J connectivity index is 2.43. The van der Waals surface area contributed by atoms with Crippen molar-refractivity contribution in [3.63, 3.8) is 0 Å². The van der Waals surface area contributed by atoms with Gasteiger partial charge in [-0.1, -0.05) is 13.8 Å². The molecule has 4 heteroatoms.